The van der Waals surface area contributed by atoms with E-state index in [0.717, 1.165) is 0 Å². The summed E-state index contributed by atoms with van der Waals surface area (Å²) in [4.78, 5) is 12.8. The number of hydrogen-bond acceptors (Lipinski definition) is 5. The first-order valence-corrected chi connectivity index (χ1v) is 15.2. The van der Waals surface area contributed by atoms with Crippen molar-refractivity contribution in [3.8, 4) is 0 Å². The predicted octanol–water partition coefficient (Wildman–Crippen LogP) is 6.24. The van der Waals surface area contributed by atoms with Gasteiger partial charge in [0, 0.05) is 16.4 Å². The number of hydrogen-bond donors (Lipinski definition) is 2. The number of halogens is 1. The van der Waals surface area contributed by atoms with Crippen LogP contribution in [0.2, 0.25) is 5.02 Å². The number of sulfone groups is 2. The van der Waals surface area contributed by atoms with Gasteiger partial charge in [-0.3, -0.25) is 0 Å². The highest BCUT2D eigenvalue weighted by Crippen LogP contribution is 2.25. The van der Waals surface area contributed by atoms with Crippen molar-refractivity contribution in [1.29, 1.82) is 0 Å². The molecule has 0 aliphatic rings. The van der Waals surface area contributed by atoms with E-state index in [2.05, 4.69) is 10.6 Å². The lowest BCUT2D eigenvalue weighted by atomic mass is 10.2. The molecule has 38 heavy (non-hydrogen) atoms. The molecule has 0 bridgehead atoms. The van der Waals surface area contributed by atoms with Crippen LogP contribution in [-0.2, 0) is 31.2 Å². The van der Waals surface area contributed by atoms with Crippen LogP contribution in [0.1, 0.15) is 16.7 Å². The van der Waals surface area contributed by atoms with Gasteiger partial charge in [0.05, 0.1) is 21.3 Å². The van der Waals surface area contributed by atoms with E-state index in [1.54, 1.807) is 73.7 Å². The average molecular weight is 569 g/mol. The quantitative estimate of drug-likeness (QED) is 0.261. The molecular formula is C28H25ClN2O5S2. The van der Waals surface area contributed by atoms with Gasteiger partial charge in [-0.2, -0.15) is 0 Å². The topological polar surface area (TPSA) is 109 Å². The molecule has 4 rings (SSSR count). The van der Waals surface area contributed by atoms with Gasteiger partial charge in [-0.15, -0.1) is 0 Å². The first-order chi connectivity index (χ1) is 18.0. The molecule has 0 spiro atoms. The van der Waals surface area contributed by atoms with Gasteiger partial charge in [-0.1, -0.05) is 66.2 Å². The van der Waals surface area contributed by atoms with Gasteiger partial charge in [0.15, 0.2) is 19.7 Å². The molecule has 7 nitrogen and oxygen atoms in total. The van der Waals surface area contributed by atoms with Crippen LogP contribution in [0.4, 0.5) is 16.2 Å². The Balaban J connectivity index is 1.47. The number of benzene rings is 4. The van der Waals surface area contributed by atoms with E-state index in [0.29, 0.717) is 21.7 Å². The molecule has 0 saturated heterocycles. The summed E-state index contributed by atoms with van der Waals surface area (Å²) >= 11 is 5.87. The Morgan fingerprint density at radius 1 is 0.684 bits per heavy atom. The molecule has 4 aromatic carbocycles. The van der Waals surface area contributed by atoms with Gasteiger partial charge in [0.25, 0.3) is 0 Å². The molecule has 0 aliphatic heterocycles. The van der Waals surface area contributed by atoms with Gasteiger partial charge in [0.1, 0.15) is 0 Å². The van der Waals surface area contributed by atoms with Crippen LogP contribution < -0.4 is 10.6 Å². The lowest BCUT2D eigenvalue weighted by Gasteiger charge is -2.13. The third-order valence-electron chi connectivity index (χ3n) is 5.70. The fourth-order valence-corrected chi connectivity index (χ4v) is 7.00. The van der Waals surface area contributed by atoms with Crippen molar-refractivity contribution < 1.29 is 21.6 Å². The third kappa shape index (κ3) is 7.00. The molecule has 2 amide bonds. The fourth-order valence-electron chi connectivity index (χ4n) is 3.83. The normalized spacial score (nSPS) is 11.6. The number of aryl methyl sites for hydroxylation is 1. The Morgan fingerprint density at radius 3 is 1.97 bits per heavy atom. The highest BCUT2D eigenvalue weighted by Gasteiger charge is 2.20. The average Bonchev–Trinajstić information content (AvgIpc) is 2.87. The Labute approximate surface area is 227 Å². The zero-order valence-corrected chi connectivity index (χ0v) is 22.8. The summed E-state index contributed by atoms with van der Waals surface area (Å²) in [6, 6.07) is 25.3. The molecule has 0 radical (unpaired) electrons. The minimum atomic E-state index is -3.68. The van der Waals surface area contributed by atoms with Crippen LogP contribution >= 0.6 is 11.6 Å². The monoisotopic (exact) mass is 568 g/mol. The van der Waals surface area contributed by atoms with Crippen molar-refractivity contribution >= 4 is 48.7 Å². The van der Waals surface area contributed by atoms with E-state index in [4.69, 9.17) is 11.6 Å². The largest absolute Gasteiger partial charge is 0.323 e. The number of rotatable bonds is 8. The first kappa shape index (κ1) is 27.4. The summed E-state index contributed by atoms with van der Waals surface area (Å²) in [7, 11) is -7.33. The molecule has 0 heterocycles. The number of urea groups is 1. The molecule has 0 unspecified atom stereocenters. The van der Waals surface area contributed by atoms with Crippen molar-refractivity contribution in [2.24, 2.45) is 0 Å². The van der Waals surface area contributed by atoms with Gasteiger partial charge < -0.3 is 10.6 Å². The van der Waals surface area contributed by atoms with E-state index in [9.17, 15) is 21.6 Å². The highest BCUT2D eigenvalue weighted by molar-refractivity contribution is 7.91. The molecule has 4 aromatic rings. The van der Waals surface area contributed by atoms with E-state index < -0.39 is 25.7 Å². The highest BCUT2D eigenvalue weighted by atomic mass is 35.5. The molecule has 2 N–H and O–H groups in total. The van der Waals surface area contributed by atoms with Crippen LogP contribution in [-0.4, -0.2) is 22.9 Å². The lowest BCUT2D eigenvalue weighted by Crippen LogP contribution is -2.20. The molecule has 0 fully saturated rings. The third-order valence-corrected chi connectivity index (χ3v) is 9.46. The molecule has 0 aliphatic carbocycles. The summed E-state index contributed by atoms with van der Waals surface area (Å²) in [6.45, 7) is 1.69. The molecule has 10 heteroatoms. The SMILES string of the molecule is Cc1ccc(NC(=O)Nc2cccc(S(=O)(=O)Cc3ccc(Cl)cc3)c2)cc1S(=O)(=O)Cc1ccccc1. The Kier molecular flexibility index (Phi) is 8.20. The number of carbonyl (C=O) groups excluding carboxylic acids is 1. The molecule has 0 saturated carbocycles. The van der Waals surface area contributed by atoms with Gasteiger partial charge >= 0.3 is 6.03 Å². The van der Waals surface area contributed by atoms with Gasteiger partial charge in [-0.25, -0.2) is 21.6 Å². The van der Waals surface area contributed by atoms with Crippen LogP contribution in [0.25, 0.3) is 0 Å². The van der Waals surface area contributed by atoms with Crippen molar-refractivity contribution in [2.75, 3.05) is 10.6 Å². The summed E-state index contributed by atoms with van der Waals surface area (Å²) in [5.74, 6) is -0.384. The summed E-state index contributed by atoms with van der Waals surface area (Å²) in [5, 5.41) is 5.74. The van der Waals surface area contributed by atoms with Crippen LogP contribution in [0.3, 0.4) is 0 Å². The number of nitrogens with one attached hydrogen (secondary N) is 2. The standard InChI is InChI=1S/C28H25ClN2O5S2/c1-20-10-15-25(17-27(20)38(35,36)19-21-6-3-2-4-7-21)31-28(32)30-24-8-5-9-26(16-24)37(33,34)18-22-11-13-23(29)14-12-22/h2-17H,18-19H2,1H3,(H2,30,31,32). The maximum absolute atomic E-state index is 13.0. The molecule has 0 atom stereocenters. The minimum absolute atomic E-state index is 0.0508. The van der Waals surface area contributed by atoms with Crippen LogP contribution in [0.5, 0.6) is 0 Å². The fraction of sp³-hybridized carbons (Fsp3) is 0.107. The first-order valence-electron chi connectivity index (χ1n) is 11.5. The molecule has 0 aromatic heterocycles. The van der Waals surface area contributed by atoms with E-state index in [-0.39, 0.29) is 32.7 Å². The molecule has 196 valence electrons. The Morgan fingerprint density at radius 2 is 1.29 bits per heavy atom. The minimum Gasteiger partial charge on any atom is -0.308 e. The second kappa shape index (κ2) is 11.4. The lowest BCUT2D eigenvalue weighted by molar-refractivity contribution is 0.262. The van der Waals surface area contributed by atoms with E-state index in [1.165, 1.54) is 24.3 Å². The Bertz CT molecular complexity index is 1670. The molecular weight excluding hydrogens is 544 g/mol. The Hall–Kier alpha value is -3.66. The maximum Gasteiger partial charge on any atom is 0.323 e. The second-order valence-corrected chi connectivity index (χ2v) is 13.1. The summed E-state index contributed by atoms with van der Waals surface area (Å²) in [6.07, 6.45) is 0. The van der Waals surface area contributed by atoms with Crippen LogP contribution in [0, 0.1) is 6.92 Å². The number of carbonyl (C=O) groups is 1. The van der Waals surface area contributed by atoms with Crippen molar-refractivity contribution in [3.05, 3.63) is 119 Å². The zero-order valence-electron chi connectivity index (χ0n) is 20.4. The van der Waals surface area contributed by atoms with Gasteiger partial charge in [0.2, 0.25) is 0 Å². The van der Waals surface area contributed by atoms with E-state index in [1.807, 2.05) is 6.07 Å². The van der Waals surface area contributed by atoms with E-state index >= 15 is 0 Å². The van der Waals surface area contributed by atoms with Crippen molar-refractivity contribution in [1.82, 2.24) is 0 Å². The predicted molar refractivity (Wildman–Crippen MR) is 150 cm³/mol. The van der Waals surface area contributed by atoms with Crippen molar-refractivity contribution in [2.45, 2.75) is 28.2 Å². The zero-order chi connectivity index (χ0) is 27.3. The van der Waals surface area contributed by atoms with Crippen LogP contribution in [0.15, 0.2) is 107 Å². The number of amides is 2. The smallest absolute Gasteiger partial charge is 0.308 e. The second-order valence-electron chi connectivity index (χ2n) is 8.72. The van der Waals surface area contributed by atoms with Crippen molar-refractivity contribution in [3.63, 3.8) is 0 Å². The van der Waals surface area contributed by atoms with Gasteiger partial charge in [-0.05, 0) is 66.1 Å². The summed E-state index contributed by atoms with van der Waals surface area (Å²) < 4.78 is 51.9. The summed E-state index contributed by atoms with van der Waals surface area (Å²) in [5.41, 5.74) is 2.36. The maximum atomic E-state index is 13.0. The number of anilines is 2.